The fraction of sp³-hybridized carbons (Fsp3) is 0.433. The SMILES string of the molecule is Cc1ccc(-c2c(CN(C(=O)O)C(C)(C)C)c(CC(C)C)nc3ccc(CCCC#N)cc23)cc1. The van der Waals surface area contributed by atoms with Crippen LogP contribution in [0.1, 0.15) is 69.8 Å². The summed E-state index contributed by atoms with van der Waals surface area (Å²) in [6.45, 7) is 12.4. The Kier molecular flexibility index (Phi) is 8.17. The summed E-state index contributed by atoms with van der Waals surface area (Å²) in [5.41, 5.74) is 6.75. The molecule has 0 fully saturated rings. The summed E-state index contributed by atoms with van der Waals surface area (Å²) in [4.78, 5) is 18.9. The van der Waals surface area contributed by atoms with Crippen LogP contribution >= 0.6 is 0 Å². The maximum absolute atomic E-state index is 12.3. The first kappa shape index (κ1) is 26.2. The van der Waals surface area contributed by atoms with E-state index < -0.39 is 11.6 Å². The smallest absolute Gasteiger partial charge is 0.408 e. The van der Waals surface area contributed by atoms with E-state index in [0.717, 1.165) is 58.1 Å². The van der Waals surface area contributed by atoms with Gasteiger partial charge in [-0.05, 0) is 81.7 Å². The maximum Gasteiger partial charge on any atom is 0.408 e. The number of hydrogen-bond donors (Lipinski definition) is 1. The van der Waals surface area contributed by atoms with E-state index in [1.54, 1.807) is 0 Å². The number of benzene rings is 2. The first-order valence-corrected chi connectivity index (χ1v) is 12.4. The Labute approximate surface area is 209 Å². The molecule has 1 amide bonds. The quantitative estimate of drug-likeness (QED) is 0.344. The fourth-order valence-corrected chi connectivity index (χ4v) is 4.45. The Morgan fingerprint density at radius 2 is 1.83 bits per heavy atom. The molecular formula is C30H37N3O2. The molecule has 0 spiro atoms. The molecule has 0 unspecified atom stereocenters. The summed E-state index contributed by atoms with van der Waals surface area (Å²) in [5, 5.41) is 20.1. The number of pyridine rings is 1. The first-order chi connectivity index (χ1) is 16.5. The highest BCUT2D eigenvalue weighted by molar-refractivity contribution is 5.97. The van der Waals surface area contributed by atoms with Gasteiger partial charge >= 0.3 is 6.09 Å². The normalized spacial score (nSPS) is 11.6. The van der Waals surface area contributed by atoms with Crippen LogP contribution < -0.4 is 0 Å². The van der Waals surface area contributed by atoms with Gasteiger partial charge in [-0.1, -0.05) is 49.7 Å². The van der Waals surface area contributed by atoms with Gasteiger partial charge < -0.3 is 5.11 Å². The average molecular weight is 472 g/mol. The predicted molar refractivity (Wildman–Crippen MR) is 142 cm³/mol. The second-order valence-electron chi connectivity index (χ2n) is 10.8. The van der Waals surface area contributed by atoms with Gasteiger partial charge in [0.15, 0.2) is 0 Å². The number of unbranched alkanes of at least 4 members (excludes halogenated alkanes) is 1. The van der Waals surface area contributed by atoms with Crippen molar-refractivity contribution in [3.8, 4) is 17.2 Å². The van der Waals surface area contributed by atoms with Gasteiger partial charge in [-0.3, -0.25) is 9.88 Å². The molecule has 1 heterocycles. The van der Waals surface area contributed by atoms with Crippen molar-refractivity contribution in [2.45, 2.75) is 79.3 Å². The molecule has 3 rings (SSSR count). The van der Waals surface area contributed by atoms with Crippen LogP contribution in [0.3, 0.4) is 0 Å². The van der Waals surface area contributed by atoms with Gasteiger partial charge in [0.05, 0.1) is 18.1 Å². The van der Waals surface area contributed by atoms with E-state index in [9.17, 15) is 9.90 Å². The van der Waals surface area contributed by atoms with Crippen LogP contribution in [0.15, 0.2) is 42.5 Å². The molecule has 2 aromatic carbocycles. The Hall–Kier alpha value is -3.39. The lowest BCUT2D eigenvalue weighted by molar-refractivity contribution is 0.0954. The molecule has 0 aliphatic rings. The summed E-state index contributed by atoms with van der Waals surface area (Å²) in [6.07, 6.45) is 1.99. The Morgan fingerprint density at radius 3 is 2.40 bits per heavy atom. The molecular weight excluding hydrogens is 434 g/mol. The van der Waals surface area contributed by atoms with Gasteiger partial charge in [0.2, 0.25) is 0 Å². The molecule has 5 nitrogen and oxygen atoms in total. The van der Waals surface area contributed by atoms with Crippen LogP contribution in [0.25, 0.3) is 22.0 Å². The Balaban J connectivity index is 2.34. The average Bonchev–Trinajstić information content (AvgIpc) is 2.77. The zero-order chi connectivity index (χ0) is 25.8. The minimum atomic E-state index is -0.937. The van der Waals surface area contributed by atoms with E-state index in [1.165, 1.54) is 10.5 Å². The van der Waals surface area contributed by atoms with Crippen LogP contribution in [0.2, 0.25) is 0 Å². The van der Waals surface area contributed by atoms with E-state index in [2.05, 4.69) is 69.3 Å². The van der Waals surface area contributed by atoms with Crippen molar-refractivity contribution < 1.29 is 9.90 Å². The molecule has 0 aliphatic carbocycles. The van der Waals surface area contributed by atoms with Crippen LogP contribution in [-0.4, -0.2) is 26.6 Å². The molecule has 184 valence electrons. The Morgan fingerprint density at radius 1 is 1.14 bits per heavy atom. The van der Waals surface area contributed by atoms with E-state index in [-0.39, 0.29) is 6.54 Å². The number of carbonyl (C=O) groups is 1. The molecule has 1 aromatic heterocycles. The van der Waals surface area contributed by atoms with Crippen molar-refractivity contribution in [3.05, 3.63) is 64.8 Å². The summed E-state index contributed by atoms with van der Waals surface area (Å²) in [5.74, 6) is 0.378. The summed E-state index contributed by atoms with van der Waals surface area (Å²) in [6, 6.07) is 17.0. The molecule has 5 heteroatoms. The van der Waals surface area contributed by atoms with Crippen molar-refractivity contribution in [3.63, 3.8) is 0 Å². The second-order valence-corrected chi connectivity index (χ2v) is 10.8. The first-order valence-electron chi connectivity index (χ1n) is 12.4. The third-order valence-electron chi connectivity index (χ3n) is 6.29. The van der Waals surface area contributed by atoms with Crippen LogP contribution in [0.4, 0.5) is 4.79 Å². The number of rotatable bonds is 8. The van der Waals surface area contributed by atoms with Gasteiger partial charge in [-0.15, -0.1) is 0 Å². The molecule has 0 saturated carbocycles. The number of nitriles is 1. The molecule has 0 atom stereocenters. The fourth-order valence-electron chi connectivity index (χ4n) is 4.45. The lowest BCUT2D eigenvalue weighted by atomic mass is 9.89. The number of nitrogens with zero attached hydrogens (tertiary/aromatic N) is 3. The van der Waals surface area contributed by atoms with E-state index >= 15 is 0 Å². The van der Waals surface area contributed by atoms with Gasteiger partial charge in [0, 0.05) is 28.6 Å². The van der Waals surface area contributed by atoms with Crippen LogP contribution in [0.5, 0.6) is 0 Å². The van der Waals surface area contributed by atoms with Crippen LogP contribution in [-0.2, 0) is 19.4 Å². The minimum absolute atomic E-state index is 0.270. The second kappa shape index (κ2) is 10.9. The van der Waals surface area contributed by atoms with E-state index in [1.807, 2.05) is 20.8 Å². The van der Waals surface area contributed by atoms with Gasteiger partial charge in [0.25, 0.3) is 0 Å². The largest absolute Gasteiger partial charge is 0.465 e. The monoisotopic (exact) mass is 471 g/mol. The molecule has 35 heavy (non-hydrogen) atoms. The van der Waals surface area contributed by atoms with E-state index in [4.69, 9.17) is 10.2 Å². The molecule has 0 radical (unpaired) electrons. The summed E-state index contributed by atoms with van der Waals surface area (Å²) >= 11 is 0. The third-order valence-corrected chi connectivity index (χ3v) is 6.29. The Bertz CT molecular complexity index is 1230. The number of aromatic nitrogens is 1. The minimum Gasteiger partial charge on any atom is -0.465 e. The zero-order valence-corrected chi connectivity index (χ0v) is 21.9. The van der Waals surface area contributed by atoms with Gasteiger partial charge in [-0.2, -0.15) is 5.26 Å². The van der Waals surface area contributed by atoms with Crippen molar-refractivity contribution in [1.82, 2.24) is 9.88 Å². The maximum atomic E-state index is 12.3. The summed E-state index contributed by atoms with van der Waals surface area (Å²) < 4.78 is 0. The van der Waals surface area contributed by atoms with Gasteiger partial charge in [-0.25, -0.2) is 4.79 Å². The lowest BCUT2D eigenvalue weighted by Gasteiger charge is -2.34. The molecule has 0 bridgehead atoms. The molecule has 0 saturated heterocycles. The predicted octanol–water partition coefficient (Wildman–Crippen LogP) is 7.53. The topological polar surface area (TPSA) is 77.2 Å². The number of aryl methyl sites for hydroxylation is 2. The molecule has 1 N–H and O–H groups in total. The van der Waals surface area contributed by atoms with Crippen molar-refractivity contribution in [1.29, 1.82) is 5.26 Å². The van der Waals surface area contributed by atoms with E-state index in [0.29, 0.717) is 12.3 Å². The number of hydrogen-bond acceptors (Lipinski definition) is 3. The van der Waals surface area contributed by atoms with Crippen molar-refractivity contribution >= 4 is 17.0 Å². The van der Waals surface area contributed by atoms with Crippen molar-refractivity contribution in [2.24, 2.45) is 5.92 Å². The molecule has 0 aliphatic heterocycles. The van der Waals surface area contributed by atoms with Crippen LogP contribution in [0, 0.1) is 24.2 Å². The number of amides is 1. The summed E-state index contributed by atoms with van der Waals surface area (Å²) in [7, 11) is 0. The highest BCUT2D eigenvalue weighted by Crippen LogP contribution is 2.37. The third kappa shape index (κ3) is 6.39. The highest BCUT2D eigenvalue weighted by atomic mass is 16.4. The highest BCUT2D eigenvalue weighted by Gasteiger charge is 2.29. The number of fused-ring (bicyclic) bond motifs is 1. The van der Waals surface area contributed by atoms with Crippen molar-refractivity contribution in [2.75, 3.05) is 0 Å². The lowest BCUT2D eigenvalue weighted by Crippen LogP contribution is -2.44. The number of carboxylic acid groups (broad SMARTS) is 1. The zero-order valence-electron chi connectivity index (χ0n) is 21.9. The molecule has 3 aromatic rings. The van der Waals surface area contributed by atoms with Gasteiger partial charge in [0.1, 0.15) is 0 Å². The standard InChI is InChI=1S/C30H37N3O2/c1-20(2)17-27-25(19-33(29(34)35)30(4,5)6)28(23-13-10-21(3)11-14-23)24-18-22(9-7-8-16-31)12-15-26(24)32-27/h10-15,18,20H,7-9,17,19H2,1-6H3,(H,34,35).